The minimum atomic E-state index is -0.710. The first kappa shape index (κ1) is 11.8. The molecular formula is C11H17N3OS2. The molecule has 4 nitrogen and oxygen atoms in total. The van der Waals surface area contributed by atoms with Gasteiger partial charge in [0.25, 0.3) is 0 Å². The lowest BCUT2D eigenvalue weighted by atomic mass is 10.2. The monoisotopic (exact) mass is 271 g/mol. The van der Waals surface area contributed by atoms with Crippen molar-refractivity contribution in [3.63, 3.8) is 0 Å². The number of likely N-dealkylation sites (tertiary alicyclic amines) is 1. The molecule has 0 radical (unpaired) electrons. The molecule has 0 amide bonds. The predicted octanol–water partition coefficient (Wildman–Crippen LogP) is 1.09. The van der Waals surface area contributed by atoms with Crippen LogP contribution in [0.4, 0.5) is 0 Å². The fourth-order valence-electron chi connectivity index (χ4n) is 2.62. The summed E-state index contributed by atoms with van der Waals surface area (Å²) in [4.78, 5) is 6.75. The third kappa shape index (κ3) is 2.59. The Kier molecular flexibility index (Phi) is 3.56. The summed E-state index contributed by atoms with van der Waals surface area (Å²) in [5, 5.41) is 3.21. The molecule has 2 saturated heterocycles. The maximum Gasteiger partial charge on any atom is 0.107 e. The average molecular weight is 271 g/mol. The molecule has 2 atom stereocenters. The fourth-order valence-corrected chi connectivity index (χ4v) is 4.73. The van der Waals surface area contributed by atoms with Gasteiger partial charge in [-0.1, -0.05) is 0 Å². The van der Waals surface area contributed by atoms with Crippen molar-refractivity contribution in [2.75, 3.05) is 25.4 Å². The normalized spacial score (nSPS) is 31.3. The van der Waals surface area contributed by atoms with Crippen molar-refractivity contribution in [3.8, 4) is 0 Å². The van der Waals surface area contributed by atoms with Gasteiger partial charge in [0.15, 0.2) is 0 Å². The van der Waals surface area contributed by atoms with Gasteiger partial charge < -0.3 is 0 Å². The van der Waals surface area contributed by atoms with Crippen LogP contribution in [0.2, 0.25) is 0 Å². The molecule has 0 aromatic carbocycles. The molecule has 1 aromatic rings. The average Bonchev–Trinajstić information content (AvgIpc) is 3.00. The molecule has 17 heavy (non-hydrogen) atoms. The third-order valence-corrected chi connectivity index (χ3v) is 5.86. The number of nitrogens with zero attached hydrogens (tertiary/aromatic N) is 3. The summed E-state index contributed by atoms with van der Waals surface area (Å²) < 4.78 is 14.0. The molecule has 3 rings (SSSR count). The van der Waals surface area contributed by atoms with Gasteiger partial charge in [0, 0.05) is 43.0 Å². The second kappa shape index (κ2) is 5.14. The van der Waals surface area contributed by atoms with Gasteiger partial charge in [0.2, 0.25) is 0 Å². The first-order chi connectivity index (χ1) is 8.33. The maximum absolute atomic E-state index is 11.8. The zero-order valence-corrected chi connectivity index (χ0v) is 11.4. The van der Waals surface area contributed by atoms with E-state index in [-0.39, 0.29) is 0 Å². The van der Waals surface area contributed by atoms with E-state index in [4.69, 9.17) is 0 Å². The van der Waals surface area contributed by atoms with Crippen LogP contribution in [0.5, 0.6) is 0 Å². The molecule has 2 aliphatic rings. The van der Waals surface area contributed by atoms with E-state index in [0.29, 0.717) is 6.04 Å². The van der Waals surface area contributed by atoms with Gasteiger partial charge in [0.1, 0.15) is 5.01 Å². The summed E-state index contributed by atoms with van der Waals surface area (Å²) in [7, 11) is -0.710. The SMILES string of the molecule is O=S1CCCN1C1CCN(Cc2nccs2)C1. The molecule has 6 heteroatoms. The predicted molar refractivity (Wildman–Crippen MR) is 70.1 cm³/mol. The zero-order valence-electron chi connectivity index (χ0n) is 9.75. The quantitative estimate of drug-likeness (QED) is 0.825. The Morgan fingerprint density at radius 1 is 1.53 bits per heavy atom. The van der Waals surface area contributed by atoms with Crippen molar-refractivity contribution < 1.29 is 4.21 Å². The standard InChI is InChI=1S/C11H17N3OS2/c15-17-7-1-4-14(17)10-2-5-13(8-10)9-11-12-3-6-16-11/h3,6,10H,1-2,4-5,7-9H2. The number of aromatic nitrogens is 1. The first-order valence-electron chi connectivity index (χ1n) is 6.09. The van der Waals surface area contributed by atoms with Crippen molar-refractivity contribution in [3.05, 3.63) is 16.6 Å². The minimum absolute atomic E-state index is 0.498. The van der Waals surface area contributed by atoms with Gasteiger partial charge in [-0.05, 0) is 12.8 Å². The van der Waals surface area contributed by atoms with Crippen molar-refractivity contribution in [1.29, 1.82) is 0 Å². The lowest BCUT2D eigenvalue weighted by Crippen LogP contribution is -2.35. The largest absolute Gasteiger partial charge is 0.295 e. The Bertz CT molecular complexity index is 395. The van der Waals surface area contributed by atoms with E-state index in [9.17, 15) is 4.21 Å². The van der Waals surface area contributed by atoms with Crippen molar-refractivity contribution >= 4 is 22.3 Å². The second-order valence-electron chi connectivity index (χ2n) is 4.62. The van der Waals surface area contributed by atoms with Crippen molar-refractivity contribution in [2.45, 2.75) is 25.4 Å². The van der Waals surface area contributed by atoms with Gasteiger partial charge in [-0.2, -0.15) is 0 Å². The van der Waals surface area contributed by atoms with E-state index in [1.165, 1.54) is 5.01 Å². The number of thiazole rings is 1. The smallest absolute Gasteiger partial charge is 0.107 e. The summed E-state index contributed by atoms with van der Waals surface area (Å²) in [6.45, 7) is 4.13. The highest BCUT2D eigenvalue weighted by atomic mass is 32.2. The van der Waals surface area contributed by atoms with Crippen LogP contribution in [-0.2, 0) is 17.5 Å². The Labute approximate surface area is 108 Å². The van der Waals surface area contributed by atoms with E-state index in [1.54, 1.807) is 11.3 Å². The lowest BCUT2D eigenvalue weighted by molar-refractivity contribution is 0.293. The molecule has 3 heterocycles. The van der Waals surface area contributed by atoms with Gasteiger partial charge >= 0.3 is 0 Å². The summed E-state index contributed by atoms with van der Waals surface area (Å²) in [6, 6.07) is 0.498. The molecule has 2 aliphatic heterocycles. The first-order valence-corrected chi connectivity index (χ1v) is 8.24. The van der Waals surface area contributed by atoms with E-state index in [2.05, 4.69) is 14.2 Å². The van der Waals surface area contributed by atoms with Crippen molar-refractivity contribution in [2.24, 2.45) is 0 Å². The van der Waals surface area contributed by atoms with E-state index in [0.717, 1.165) is 44.8 Å². The van der Waals surface area contributed by atoms with Gasteiger partial charge in [-0.15, -0.1) is 11.3 Å². The summed E-state index contributed by atoms with van der Waals surface area (Å²) in [6.07, 6.45) is 4.11. The Balaban J connectivity index is 1.56. The summed E-state index contributed by atoms with van der Waals surface area (Å²) >= 11 is 1.72. The molecule has 0 aliphatic carbocycles. The number of rotatable bonds is 3. The maximum atomic E-state index is 11.8. The van der Waals surface area contributed by atoms with Gasteiger partial charge in [-0.25, -0.2) is 13.5 Å². The van der Waals surface area contributed by atoms with E-state index < -0.39 is 11.0 Å². The number of hydrogen-bond donors (Lipinski definition) is 0. The highest BCUT2D eigenvalue weighted by Crippen LogP contribution is 2.23. The molecule has 94 valence electrons. The molecule has 0 saturated carbocycles. The van der Waals surface area contributed by atoms with Crippen LogP contribution in [-0.4, -0.2) is 49.8 Å². The van der Waals surface area contributed by atoms with Crippen LogP contribution >= 0.6 is 11.3 Å². The zero-order chi connectivity index (χ0) is 11.7. The van der Waals surface area contributed by atoms with Crippen LogP contribution in [0, 0.1) is 0 Å². The van der Waals surface area contributed by atoms with Gasteiger partial charge in [-0.3, -0.25) is 4.90 Å². The summed E-state index contributed by atoms with van der Waals surface area (Å²) in [5.41, 5.74) is 0. The van der Waals surface area contributed by atoms with Crippen molar-refractivity contribution in [1.82, 2.24) is 14.2 Å². The van der Waals surface area contributed by atoms with E-state index >= 15 is 0 Å². The summed E-state index contributed by atoms with van der Waals surface area (Å²) in [5.74, 6) is 0.864. The van der Waals surface area contributed by atoms with Crippen LogP contribution in [0.3, 0.4) is 0 Å². The highest BCUT2D eigenvalue weighted by Gasteiger charge is 2.33. The third-order valence-electron chi connectivity index (χ3n) is 3.46. The highest BCUT2D eigenvalue weighted by molar-refractivity contribution is 7.82. The Morgan fingerprint density at radius 3 is 3.18 bits per heavy atom. The van der Waals surface area contributed by atoms with Crippen LogP contribution < -0.4 is 0 Å². The Morgan fingerprint density at radius 2 is 2.47 bits per heavy atom. The molecule has 0 bridgehead atoms. The second-order valence-corrected chi connectivity index (χ2v) is 7.12. The van der Waals surface area contributed by atoms with Crippen LogP contribution in [0.1, 0.15) is 17.8 Å². The lowest BCUT2D eigenvalue weighted by Gasteiger charge is -2.21. The Hall–Kier alpha value is -0.300. The van der Waals surface area contributed by atoms with E-state index in [1.807, 2.05) is 11.6 Å². The molecule has 0 spiro atoms. The molecular weight excluding hydrogens is 254 g/mol. The molecule has 1 aromatic heterocycles. The van der Waals surface area contributed by atoms with Gasteiger partial charge in [0.05, 0.1) is 17.5 Å². The fraction of sp³-hybridized carbons (Fsp3) is 0.727. The topological polar surface area (TPSA) is 36.4 Å². The van der Waals surface area contributed by atoms with Crippen LogP contribution in [0.25, 0.3) is 0 Å². The molecule has 2 fully saturated rings. The molecule has 0 N–H and O–H groups in total. The number of hydrogen-bond acceptors (Lipinski definition) is 4. The van der Waals surface area contributed by atoms with Crippen LogP contribution in [0.15, 0.2) is 11.6 Å². The minimum Gasteiger partial charge on any atom is -0.295 e. The molecule has 2 unspecified atom stereocenters.